The summed E-state index contributed by atoms with van der Waals surface area (Å²) in [6.07, 6.45) is 4.80. The number of aldehydes is 1. The molecule has 2 saturated heterocycles. The summed E-state index contributed by atoms with van der Waals surface area (Å²) in [7, 11) is 3.94. The number of amides is 1. The molecule has 0 aromatic heterocycles. The number of likely N-dealkylation sites (tertiary alicyclic amines) is 2. The molecule has 1 amide bonds. The van der Waals surface area contributed by atoms with Crippen LogP contribution < -0.4 is 19.7 Å². The van der Waals surface area contributed by atoms with Gasteiger partial charge >= 0.3 is 0 Å². The lowest BCUT2D eigenvalue weighted by atomic mass is 9.90. The second-order valence-corrected chi connectivity index (χ2v) is 13.5. The summed E-state index contributed by atoms with van der Waals surface area (Å²) in [5.41, 5.74) is 3.50. The first kappa shape index (κ1) is 40.3. The molecular formula is C41H55FN4O6. The van der Waals surface area contributed by atoms with Crippen LogP contribution in [0.5, 0.6) is 11.5 Å². The third-order valence-electron chi connectivity index (χ3n) is 9.58. The third-order valence-corrected chi connectivity index (χ3v) is 9.58. The molecule has 10 nitrogen and oxygen atoms in total. The van der Waals surface area contributed by atoms with Crippen molar-refractivity contribution < 1.29 is 33.0 Å². The lowest BCUT2D eigenvalue weighted by Gasteiger charge is -2.42. The van der Waals surface area contributed by atoms with E-state index in [1.165, 1.54) is 25.0 Å². The second-order valence-electron chi connectivity index (χ2n) is 13.5. The number of carbonyl (C=O) groups excluding carboxylic acids is 3. The highest BCUT2D eigenvalue weighted by Gasteiger charge is 2.38. The predicted octanol–water partition coefficient (Wildman–Crippen LogP) is 6.21. The molecule has 1 N–H and O–H groups in total. The smallest absolute Gasteiger partial charge is 0.293 e. The van der Waals surface area contributed by atoms with E-state index in [0.29, 0.717) is 75.8 Å². The van der Waals surface area contributed by atoms with E-state index >= 15 is 0 Å². The van der Waals surface area contributed by atoms with E-state index in [0.717, 1.165) is 48.3 Å². The maximum absolute atomic E-state index is 13.7. The van der Waals surface area contributed by atoms with E-state index in [2.05, 4.69) is 22.0 Å². The van der Waals surface area contributed by atoms with E-state index in [-0.39, 0.29) is 17.6 Å². The number of hydrogen-bond acceptors (Lipinski definition) is 9. The van der Waals surface area contributed by atoms with Gasteiger partial charge in [-0.3, -0.25) is 14.5 Å². The zero-order valence-electron chi connectivity index (χ0n) is 31.4. The maximum Gasteiger partial charge on any atom is 0.293 e. The molecule has 0 atom stereocenters. The van der Waals surface area contributed by atoms with Gasteiger partial charge in [-0.15, -0.1) is 0 Å². The van der Waals surface area contributed by atoms with Crippen LogP contribution in [0.15, 0.2) is 60.7 Å². The Hall–Kier alpha value is -4.48. The molecule has 2 aliphatic rings. The number of likely N-dealkylation sites (N-methyl/N-ethyl adjacent to an activating group) is 1. The SMILES string of the molecule is CCCCNC.CCOc1cc(CN2CCC(CN(C)c3ccc(C(=O)N4CC(C=O)C4)cc3)(OC=O)CC2)cc(OCC)c1-c1ccc(F)cc1. The Morgan fingerprint density at radius 1 is 0.962 bits per heavy atom. The van der Waals surface area contributed by atoms with Gasteiger partial charge in [0.25, 0.3) is 12.4 Å². The topological polar surface area (TPSA) is 101 Å². The lowest BCUT2D eigenvalue weighted by molar-refractivity contribution is -0.147. The van der Waals surface area contributed by atoms with Gasteiger partial charge in [0.15, 0.2) is 0 Å². The minimum absolute atomic E-state index is 0.0664. The highest BCUT2D eigenvalue weighted by molar-refractivity contribution is 5.95. The Balaban J connectivity index is 0.000000929. The van der Waals surface area contributed by atoms with E-state index in [1.54, 1.807) is 29.2 Å². The van der Waals surface area contributed by atoms with Gasteiger partial charge in [-0.1, -0.05) is 25.5 Å². The average molecular weight is 719 g/mol. The number of carbonyl (C=O) groups is 3. The van der Waals surface area contributed by atoms with Crippen molar-refractivity contribution in [1.29, 1.82) is 0 Å². The molecule has 0 unspecified atom stereocenters. The van der Waals surface area contributed by atoms with Crippen LogP contribution in [0.3, 0.4) is 0 Å². The zero-order valence-corrected chi connectivity index (χ0v) is 31.4. The maximum atomic E-state index is 13.7. The van der Waals surface area contributed by atoms with Crippen LogP contribution in [0, 0.1) is 11.7 Å². The number of benzene rings is 3. The minimum Gasteiger partial charge on any atom is -0.493 e. The Kier molecular flexibility index (Phi) is 15.5. The van der Waals surface area contributed by atoms with Crippen molar-refractivity contribution in [2.24, 2.45) is 5.92 Å². The number of nitrogens with zero attached hydrogens (tertiary/aromatic N) is 3. The molecule has 2 fully saturated rings. The first-order valence-corrected chi connectivity index (χ1v) is 18.4. The summed E-state index contributed by atoms with van der Waals surface area (Å²) in [6, 6.07) is 17.8. The number of halogens is 1. The largest absolute Gasteiger partial charge is 0.493 e. The van der Waals surface area contributed by atoms with Crippen molar-refractivity contribution in [3.05, 3.63) is 77.6 Å². The Morgan fingerprint density at radius 3 is 2.08 bits per heavy atom. The lowest BCUT2D eigenvalue weighted by Crippen LogP contribution is -2.51. The molecule has 52 heavy (non-hydrogen) atoms. The Labute approximate surface area is 308 Å². The van der Waals surface area contributed by atoms with Gasteiger partial charge in [0.1, 0.15) is 29.2 Å². The summed E-state index contributed by atoms with van der Waals surface area (Å²) < 4.78 is 31.5. The van der Waals surface area contributed by atoms with Crippen LogP contribution in [0.25, 0.3) is 11.1 Å². The average Bonchev–Trinajstić information content (AvgIpc) is 3.12. The number of nitrogens with one attached hydrogen (secondary N) is 1. The summed E-state index contributed by atoms with van der Waals surface area (Å²) in [6.45, 7) is 12.3. The number of unbranched alkanes of at least 4 members (excludes halogenated alkanes) is 1. The van der Waals surface area contributed by atoms with Gasteiger partial charge in [0.05, 0.1) is 25.3 Å². The van der Waals surface area contributed by atoms with Gasteiger partial charge in [-0.05, 0) is 93.5 Å². The van der Waals surface area contributed by atoms with Crippen molar-refractivity contribution >= 4 is 24.4 Å². The highest BCUT2D eigenvalue weighted by atomic mass is 19.1. The minimum atomic E-state index is -0.650. The third kappa shape index (κ3) is 10.8. The fraction of sp³-hybridized carbons (Fsp3) is 0.488. The number of hydrogen-bond donors (Lipinski definition) is 1. The van der Waals surface area contributed by atoms with Crippen LogP contribution in [0.1, 0.15) is 62.4 Å². The van der Waals surface area contributed by atoms with Crippen molar-refractivity contribution in [2.45, 2.75) is 58.6 Å². The molecular weight excluding hydrogens is 663 g/mol. The zero-order chi connectivity index (χ0) is 37.5. The van der Waals surface area contributed by atoms with Crippen LogP contribution in [-0.2, 0) is 20.9 Å². The van der Waals surface area contributed by atoms with Gasteiger partial charge in [-0.2, -0.15) is 0 Å². The van der Waals surface area contributed by atoms with Crippen LogP contribution >= 0.6 is 0 Å². The summed E-state index contributed by atoms with van der Waals surface area (Å²) in [4.78, 5) is 41.3. The Morgan fingerprint density at radius 2 is 1.58 bits per heavy atom. The number of anilines is 1. The summed E-state index contributed by atoms with van der Waals surface area (Å²) in [5, 5.41) is 3.07. The van der Waals surface area contributed by atoms with Crippen LogP contribution in [0.4, 0.5) is 10.1 Å². The monoisotopic (exact) mass is 718 g/mol. The van der Waals surface area contributed by atoms with Gasteiger partial charge < -0.3 is 34.1 Å². The van der Waals surface area contributed by atoms with Crippen LogP contribution in [0.2, 0.25) is 0 Å². The Bertz CT molecular complexity index is 1540. The number of piperidine rings is 1. The molecule has 0 bridgehead atoms. The molecule has 2 aliphatic heterocycles. The molecule has 0 saturated carbocycles. The van der Waals surface area contributed by atoms with Crippen molar-refractivity contribution in [3.63, 3.8) is 0 Å². The fourth-order valence-corrected chi connectivity index (χ4v) is 6.65. The molecule has 0 aliphatic carbocycles. The van der Waals surface area contributed by atoms with E-state index < -0.39 is 5.60 Å². The van der Waals surface area contributed by atoms with Gasteiger partial charge in [0.2, 0.25) is 0 Å². The molecule has 282 valence electrons. The first-order valence-electron chi connectivity index (χ1n) is 18.4. The normalized spacial score (nSPS) is 15.5. The molecule has 2 heterocycles. The van der Waals surface area contributed by atoms with Crippen molar-refractivity contribution in [2.75, 3.05) is 71.5 Å². The molecule has 0 radical (unpaired) electrons. The summed E-state index contributed by atoms with van der Waals surface area (Å²) in [5.74, 6) is 0.936. The van der Waals surface area contributed by atoms with Crippen molar-refractivity contribution in [3.8, 4) is 22.6 Å². The first-order chi connectivity index (χ1) is 25.2. The van der Waals surface area contributed by atoms with E-state index in [4.69, 9.17) is 14.2 Å². The van der Waals surface area contributed by atoms with Crippen molar-refractivity contribution in [1.82, 2.24) is 15.1 Å². The standard InChI is InChI=1S/C36H42FN3O6.C5H13N/c1-4-44-32-18-26(19-33(45-5-2)34(32)28-6-10-30(37)11-7-28)20-39-16-14-36(15-17-39,46-25-42)24-38(3)31-12-8-29(9-13-31)35(43)40-21-27(22-40)23-41;1-3-4-5-6-2/h6-13,18-19,23,25,27H,4-5,14-17,20-22,24H2,1-3H3;6H,3-5H2,1-2H3. The molecule has 3 aromatic rings. The van der Waals surface area contributed by atoms with Gasteiger partial charge in [-0.25, -0.2) is 4.39 Å². The van der Waals surface area contributed by atoms with E-state index in [9.17, 15) is 18.8 Å². The predicted molar refractivity (Wildman–Crippen MR) is 203 cm³/mol. The number of rotatable bonds is 17. The quantitative estimate of drug-likeness (QED) is 0.129. The molecule has 0 spiro atoms. The van der Waals surface area contributed by atoms with E-state index in [1.807, 2.05) is 52.2 Å². The summed E-state index contributed by atoms with van der Waals surface area (Å²) >= 11 is 0. The highest BCUT2D eigenvalue weighted by Crippen LogP contribution is 2.41. The van der Waals surface area contributed by atoms with Crippen LogP contribution in [-0.4, -0.2) is 101 Å². The number of ether oxygens (including phenoxy) is 3. The van der Waals surface area contributed by atoms with Gasteiger partial charge in [0, 0.05) is 69.8 Å². The molecule has 3 aromatic carbocycles. The molecule has 5 rings (SSSR count). The second kappa shape index (κ2) is 19.9. The molecule has 11 heteroatoms. The fourth-order valence-electron chi connectivity index (χ4n) is 6.65.